The van der Waals surface area contributed by atoms with E-state index in [9.17, 15) is 14.4 Å². The number of nitrogens with one attached hydrogen (secondary N) is 1. The third-order valence-corrected chi connectivity index (χ3v) is 4.66. The van der Waals surface area contributed by atoms with Crippen LogP contribution in [-0.2, 0) is 11.3 Å². The molecule has 0 radical (unpaired) electrons. The van der Waals surface area contributed by atoms with E-state index in [0.29, 0.717) is 22.6 Å². The van der Waals surface area contributed by atoms with Gasteiger partial charge >= 0.3 is 5.69 Å². The number of benzene rings is 2. The van der Waals surface area contributed by atoms with E-state index in [-0.39, 0.29) is 12.3 Å². The summed E-state index contributed by atoms with van der Waals surface area (Å²) in [6, 6.07) is 17.8. The van der Waals surface area contributed by atoms with Crippen molar-refractivity contribution in [1.82, 2.24) is 19.4 Å². The zero-order valence-electron chi connectivity index (χ0n) is 16.5. The van der Waals surface area contributed by atoms with E-state index in [1.807, 2.05) is 31.2 Å². The molecule has 0 aliphatic heterocycles. The first-order valence-corrected chi connectivity index (χ1v) is 9.35. The molecule has 0 unspecified atom stereocenters. The third kappa shape index (κ3) is 3.88. The molecule has 0 fully saturated rings. The minimum atomic E-state index is -0.499. The standard InChI is InChI=1S/C22H19N5O3/c1-14-3-5-17(6-4-14)19-11-12-20-25-26(22(30)27(20)24-19)13-21(29)23-18-9-7-16(8-10-18)15(2)28/h3-12H,13H2,1-2H3,(H,23,29). The van der Waals surface area contributed by atoms with E-state index in [1.165, 1.54) is 11.4 Å². The molecule has 4 aromatic rings. The lowest BCUT2D eigenvalue weighted by molar-refractivity contribution is -0.117. The Morgan fingerprint density at radius 1 is 0.933 bits per heavy atom. The zero-order chi connectivity index (χ0) is 21.3. The molecule has 150 valence electrons. The van der Waals surface area contributed by atoms with Gasteiger partial charge < -0.3 is 5.32 Å². The van der Waals surface area contributed by atoms with Crippen molar-refractivity contribution in [2.75, 3.05) is 5.32 Å². The maximum Gasteiger partial charge on any atom is 0.367 e. The van der Waals surface area contributed by atoms with Gasteiger partial charge in [-0.3, -0.25) is 9.59 Å². The Morgan fingerprint density at radius 2 is 1.63 bits per heavy atom. The van der Waals surface area contributed by atoms with Gasteiger partial charge in [0, 0.05) is 16.8 Å². The highest BCUT2D eigenvalue weighted by atomic mass is 16.2. The van der Waals surface area contributed by atoms with Crippen molar-refractivity contribution < 1.29 is 9.59 Å². The van der Waals surface area contributed by atoms with Gasteiger partial charge in [0.1, 0.15) is 6.54 Å². The van der Waals surface area contributed by atoms with E-state index < -0.39 is 11.6 Å². The van der Waals surface area contributed by atoms with Crippen LogP contribution in [0.1, 0.15) is 22.8 Å². The van der Waals surface area contributed by atoms with Gasteiger partial charge in [-0.25, -0.2) is 9.48 Å². The Bertz CT molecular complexity index is 1300. The summed E-state index contributed by atoms with van der Waals surface area (Å²) >= 11 is 0. The first-order valence-electron chi connectivity index (χ1n) is 9.35. The Morgan fingerprint density at radius 3 is 2.30 bits per heavy atom. The van der Waals surface area contributed by atoms with E-state index >= 15 is 0 Å². The van der Waals surface area contributed by atoms with Crippen LogP contribution in [0.3, 0.4) is 0 Å². The highest BCUT2D eigenvalue weighted by Crippen LogP contribution is 2.17. The summed E-state index contributed by atoms with van der Waals surface area (Å²) in [7, 11) is 0. The number of aryl methyl sites for hydroxylation is 1. The van der Waals surface area contributed by atoms with Crippen molar-refractivity contribution in [3.63, 3.8) is 0 Å². The lowest BCUT2D eigenvalue weighted by atomic mass is 10.1. The summed E-state index contributed by atoms with van der Waals surface area (Å²) < 4.78 is 2.25. The molecule has 30 heavy (non-hydrogen) atoms. The van der Waals surface area contributed by atoms with Gasteiger partial charge in [0.2, 0.25) is 5.91 Å². The first kappa shape index (κ1) is 19.3. The quantitative estimate of drug-likeness (QED) is 0.519. The van der Waals surface area contributed by atoms with Gasteiger partial charge in [-0.2, -0.15) is 9.61 Å². The second kappa shape index (κ2) is 7.75. The van der Waals surface area contributed by atoms with Crippen LogP contribution in [0.15, 0.2) is 65.5 Å². The van der Waals surface area contributed by atoms with E-state index in [2.05, 4.69) is 15.5 Å². The molecule has 0 atom stereocenters. The third-order valence-electron chi connectivity index (χ3n) is 4.66. The average molecular weight is 401 g/mol. The molecule has 0 aliphatic carbocycles. The average Bonchev–Trinajstić information content (AvgIpc) is 3.03. The largest absolute Gasteiger partial charge is 0.367 e. The summed E-state index contributed by atoms with van der Waals surface area (Å²) in [4.78, 5) is 36.3. The van der Waals surface area contributed by atoms with Gasteiger partial charge in [0.25, 0.3) is 0 Å². The van der Waals surface area contributed by atoms with Crippen molar-refractivity contribution in [3.8, 4) is 11.3 Å². The second-order valence-corrected chi connectivity index (χ2v) is 6.98. The van der Waals surface area contributed by atoms with Crippen molar-refractivity contribution in [2.24, 2.45) is 0 Å². The van der Waals surface area contributed by atoms with Crippen LogP contribution >= 0.6 is 0 Å². The van der Waals surface area contributed by atoms with Crippen LogP contribution in [0.5, 0.6) is 0 Å². The molecule has 0 bridgehead atoms. The highest BCUT2D eigenvalue weighted by Gasteiger charge is 2.13. The van der Waals surface area contributed by atoms with Crippen LogP contribution in [0, 0.1) is 6.92 Å². The molecule has 0 aliphatic rings. The summed E-state index contributed by atoms with van der Waals surface area (Å²) in [6.07, 6.45) is 0. The first-order chi connectivity index (χ1) is 14.4. The fourth-order valence-corrected chi connectivity index (χ4v) is 3.01. The maximum atomic E-state index is 12.7. The Labute approximate surface area is 171 Å². The number of carbonyl (C=O) groups excluding carboxylic acids is 2. The van der Waals surface area contributed by atoms with Gasteiger partial charge in [0.15, 0.2) is 11.4 Å². The van der Waals surface area contributed by atoms with Crippen LogP contribution in [0.4, 0.5) is 5.69 Å². The molecule has 0 saturated carbocycles. The predicted molar refractivity (Wildman–Crippen MR) is 112 cm³/mol. The van der Waals surface area contributed by atoms with Crippen LogP contribution in [0.2, 0.25) is 0 Å². The molecular weight excluding hydrogens is 382 g/mol. The number of anilines is 1. The topological polar surface area (TPSA) is 98.4 Å². The fraction of sp³-hybridized carbons (Fsp3) is 0.136. The number of carbonyl (C=O) groups is 2. The number of hydrogen-bond donors (Lipinski definition) is 1. The summed E-state index contributed by atoms with van der Waals surface area (Å²) in [5.74, 6) is -0.462. The number of Topliss-reactive ketones (excluding diaryl/α,β-unsaturated/α-hetero) is 1. The Hall–Kier alpha value is -4.07. The fourth-order valence-electron chi connectivity index (χ4n) is 3.01. The molecule has 8 nitrogen and oxygen atoms in total. The number of aromatic nitrogens is 4. The molecule has 1 N–H and O–H groups in total. The summed E-state index contributed by atoms with van der Waals surface area (Å²) in [6.45, 7) is 3.22. The molecule has 8 heteroatoms. The highest BCUT2D eigenvalue weighted by molar-refractivity contribution is 5.95. The van der Waals surface area contributed by atoms with E-state index in [0.717, 1.165) is 15.8 Å². The van der Waals surface area contributed by atoms with Crippen molar-refractivity contribution in [2.45, 2.75) is 20.4 Å². The Balaban J connectivity index is 1.54. The van der Waals surface area contributed by atoms with Gasteiger partial charge in [-0.05, 0) is 50.2 Å². The van der Waals surface area contributed by atoms with Crippen LogP contribution in [-0.4, -0.2) is 31.1 Å². The number of rotatable bonds is 5. The zero-order valence-corrected chi connectivity index (χ0v) is 16.5. The minimum absolute atomic E-state index is 0.0540. The normalized spacial score (nSPS) is 10.9. The van der Waals surface area contributed by atoms with Crippen LogP contribution in [0.25, 0.3) is 16.9 Å². The molecule has 4 rings (SSSR count). The monoisotopic (exact) mass is 401 g/mol. The smallest absolute Gasteiger partial charge is 0.324 e. The molecular formula is C22H19N5O3. The molecule has 2 heterocycles. The Kier molecular flexibility index (Phi) is 4.97. The summed E-state index contributed by atoms with van der Waals surface area (Å²) in [5, 5.41) is 11.2. The maximum absolute atomic E-state index is 12.7. The van der Waals surface area contributed by atoms with Crippen molar-refractivity contribution in [1.29, 1.82) is 0 Å². The number of amides is 1. The number of ketones is 1. The van der Waals surface area contributed by atoms with E-state index in [1.54, 1.807) is 36.4 Å². The summed E-state index contributed by atoms with van der Waals surface area (Å²) in [5.41, 5.74) is 3.59. The molecule has 2 aromatic heterocycles. The molecule has 2 aromatic carbocycles. The van der Waals surface area contributed by atoms with Crippen molar-refractivity contribution in [3.05, 3.63) is 82.3 Å². The second-order valence-electron chi connectivity index (χ2n) is 6.98. The minimum Gasteiger partial charge on any atom is -0.324 e. The van der Waals surface area contributed by atoms with Gasteiger partial charge in [-0.15, -0.1) is 5.10 Å². The number of fused-ring (bicyclic) bond motifs is 1. The van der Waals surface area contributed by atoms with Gasteiger partial charge in [-0.1, -0.05) is 29.8 Å². The number of nitrogens with zero attached hydrogens (tertiary/aromatic N) is 4. The lowest BCUT2D eigenvalue weighted by Gasteiger charge is -2.05. The van der Waals surface area contributed by atoms with Crippen LogP contribution < -0.4 is 11.0 Å². The van der Waals surface area contributed by atoms with E-state index in [4.69, 9.17) is 0 Å². The van der Waals surface area contributed by atoms with Crippen molar-refractivity contribution >= 4 is 23.0 Å². The molecule has 1 amide bonds. The molecule has 0 spiro atoms. The predicted octanol–water partition coefficient (Wildman–Crippen LogP) is 2.71. The number of hydrogen-bond acceptors (Lipinski definition) is 5. The van der Waals surface area contributed by atoms with Gasteiger partial charge in [0.05, 0.1) is 5.69 Å². The SMILES string of the molecule is CC(=O)c1ccc(NC(=O)Cn2nc3ccc(-c4ccc(C)cc4)nn3c2=O)cc1. The lowest BCUT2D eigenvalue weighted by Crippen LogP contribution is -2.28. The molecule has 0 saturated heterocycles.